The van der Waals surface area contributed by atoms with Crippen LogP contribution in [0.3, 0.4) is 0 Å². The number of hydrogen-bond donors (Lipinski definition) is 2. The Labute approximate surface area is 98.0 Å². The van der Waals surface area contributed by atoms with E-state index < -0.39 is 12.6 Å². The van der Waals surface area contributed by atoms with Gasteiger partial charge in [-0.1, -0.05) is 6.92 Å². The van der Waals surface area contributed by atoms with Gasteiger partial charge >= 0.3 is 6.18 Å². The topological polar surface area (TPSA) is 55.9 Å². The van der Waals surface area contributed by atoms with Gasteiger partial charge in [0, 0.05) is 13.1 Å². The first kappa shape index (κ1) is 13.7. The number of halogens is 3. The predicted octanol–water partition coefficient (Wildman–Crippen LogP) is 2.55. The number of nitrogen functional groups attached to an aromatic ring is 1. The van der Waals surface area contributed by atoms with Crippen LogP contribution in [0.15, 0.2) is 0 Å². The monoisotopic (exact) mass is 250 g/mol. The third kappa shape index (κ3) is 3.83. The predicted molar refractivity (Wildman–Crippen MR) is 60.8 cm³/mol. The first-order valence-corrected chi connectivity index (χ1v) is 5.48. The Morgan fingerprint density at radius 2 is 2.06 bits per heavy atom. The first-order valence-electron chi connectivity index (χ1n) is 5.48. The Hall–Kier alpha value is -1.40. The number of anilines is 2. The zero-order chi connectivity index (χ0) is 13.1. The molecule has 0 fully saturated rings. The molecule has 0 unspecified atom stereocenters. The van der Waals surface area contributed by atoms with E-state index in [1.807, 2.05) is 6.92 Å². The molecule has 1 aromatic rings. The summed E-state index contributed by atoms with van der Waals surface area (Å²) in [4.78, 5) is 0. The Bertz CT molecular complexity index is 370. The van der Waals surface area contributed by atoms with E-state index in [1.54, 1.807) is 11.6 Å². The van der Waals surface area contributed by atoms with E-state index in [1.165, 1.54) is 0 Å². The van der Waals surface area contributed by atoms with Crippen molar-refractivity contribution in [3.05, 3.63) is 5.69 Å². The Kier molecular flexibility index (Phi) is 4.25. The summed E-state index contributed by atoms with van der Waals surface area (Å²) < 4.78 is 37.7. The highest BCUT2D eigenvalue weighted by Gasteiger charge is 2.26. The summed E-state index contributed by atoms with van der Waals surface area (Å²) in [5.41, 5.74) is 6.81. The SMILES string of the molecule is CCCn1nc(C)c(N)c1NCCC(F)(F)F. The summed E-state index contributed by atoms with van der Waals surface area (Å²) >= 11 is 0. The maximum absolute atomic E-state index is 12.0. The summed E-state index contributed by atoms with van der Waals surface area (Å²) in [5.74, 6) is 0.480. The van der Waals surface area contributed by atoms with Crippen LogP contribution in [0.25, 0.3) is 0 Å². The second kappa shape index (κ2) is 5.29. The maximum Gasteiger partial charge on any atom is 0.390 e. The number of rotatable bonds is 5. The van der Waals surface area contributed by atoms with Gasteiger partial charge in [0.25, 0.3) is 0 Å². The highest BCUT2D eigenvalue weighted by atomic mass is 19.4. The number of hydrogen-bond acceptors (Lipinski definition) is 3. The lowest BCUT2D eigenvalue weighted by molar-refractivity contribution is -0.131. The number of aromatic nitrogens is 2. The average Bonchev–Trinajstić information content (AvgIpc) is 2.44. The molecular formula is C10H17F3N4. The minimum Gasteiger partial charge on any atom is -0.394 e. The van der Waals surface area contributed by atoms with E-state index in [2.05, 4.69) is 10.4 Å². The van der Waals surface area contributed by atoms with Crippen molar-refractivity contribution in [2.24, 2.45) is 0 Å². The Balaban J connectivity index is 2.69. The molecule has 0 amide bonds. The van der Waals surface area contributed by atoms with Gasteiger partial charge in [0.15, 0.2) is 0 Å². The molecule has 0 bridgehead atoms. The summed E-state index contributed by atoms with van der Waals surface area (Å²) in [7, 11) is 0. The van der Waals surface area contributed by atoms with Crippen molar-refractivity contribution in [2.75, 3.05) is 17.6 Å². The third-order valence-corrected chi connectivity index (χ3v) is 2.31. The minimum absolute atomic E-state index is 0.192. The quantitative estimate of drug-likeness (QED) is 0.844. The number of nitrogens with zero attached hydrogens (tertiary/aromatic N) is 2. The van der Waals surface area contributed by atoms with E-state index in [0.29, 0.717) is 23.7 Å². The smallest absolute Gasteiger partial charge is 0.390 e. The van der Waals surface area contributed by atoms with Gasteiger partial charge in [-0.15, -0.1) is 0 Å². The average molecular weight is 250 g/mol. The second-order valence-corrected chi connectivity index (χ2v) is 3.86. The fraction of sp³-hybridized carbons (Fsp3) is 0.700. The van der Waals surface area contributed by atoms with E-state index in [0.717, 1.165) is 6.42 Å². The summed E-state index contributed by atoms with van der Waals surface area (Å²) in [6.45, 7) is 4.14. The number of alkyl halides is 3. The molecule has 17 heavy (non-hydrogen) atoms. The lowest BCUT2D eigenvalue weighted by Crippen LogP contribution is -2.17. The van der Waals surface area contributed by atoms with E-state index in [9.17, 15) is 13.2 Å². The van der Waals surface area contributed by atoms with Gasteiger partial charge in [-0.05, 0) is 13.3 Å². The molecule has 98 valence electrons. The molecule has 0 aliphatic carbocycles. The summed E-state index contributed by atoms with van der Waals surface area (Å²) in [5, 5.41) is 6.86. The van der Waals surface area contributed by atoms with Gasteiger partial charge in [0.2, 0.25) is 0 Å². The van der Waals surface area contributed by atoms with Crippen LogP contribution in [0.2, 0.25) is 0 Å². The van der Waals surface area contributed by atoms with Crippen LogP contribution in [-0.2, 0) is 6.54 Å². The van der Waals surface area contributed by atoms with Crippen molar-refractivity contribution >= 4 is 11.5 Å². The molecule has 1 heterocycles. The number of aryl methyl sites for hydroxylation is 2. The second-order valence-electron chi connectivity index (χ2n) is 3.86. The molecule has 0 aliphatic heterocycles. The van der Waals surface area contributed by atoms with Gasteiger partial charge < -0.3 is 11.1 Å². The molecule has 0 spiro atoms. The van der Waals surface area contributed by atoms with Crippen LogP contribution in [0.4, 0.5) is 24.7 Å². The van der Waals surface area contributed by atoms with Crippen molar-refractivity contribution in [3.8, 4) is 0 Å². The normalized spacial score (nSPS) is 11.8. The van der Waals surface area contributed by atoms with Crippen LogP contribution >= 0.6 is 0 Å². The highest BCUT2D eigenvalue weighted by Crippen LogP contribution is 2.24. The van der Waals surface area contributed by atoms with E-state index in [4.69, 9.17) is 5.73 Å². The van der Waals surface area contributed by atoms with Crippen LogP contribution in [0.5, 0.6) is 0 Å². The zero-order valence-corrected chi connectivity index (χ0v) is 9.93. The Morgan fingerprint density at radius 3 is 2.59 bits per heavy atom. The highest BCUT2D eigenvalue weighted by molar-refractivity contribution is 5.64. The molecule has 0 aromatic carbocycles. The fourth-order valence-corrected chi connectivity index (χ4v) is 1.48. The molecule has 4 nitrogen and oxygen atoms in total. The number of nitrogens with two attached hydrogens (primary N) is 1. The maximum atomic E-state index is 12.0. The van der Waals surface area contributed by atoms with Gasteiger partial charge in [-0.2, -0.15) is 18.3 Å². The lowest BCUT2D eigenvalue weighted by Gasteiger charge is -2.11. The van der Waals surface area contributed by atoms with Crippen molar-refractivity contribution < 1.29 is 13.2 Å². The molecule has 0 saturated heterocycles. The minimum atomic E-state index is -4.16. The zero-order valence-electron chi connectivity index (χ0n) is 9.93. The summed E-state index contributed by atoms with van der Waals surface area (Å²) in [6.07, 6.45) is -4.20. The van der Waals surface area contributed by atoms with Crippen molar-refractivity contribution in [2.45, 2.75) is 39.4 Å². The molecule has 1 rings (SSSR count). The molecule has 3 N–H and O–H groups in total. The first-order chi connectivity index (χ1) is 7.85. The van der Waals surface area contributed by atoms with Gasteiger partial charge in [-0.3, -0.25) is 0 Å². The van der Waals surface area contributed by atoms with Crippen LogP contribution in [0, 0.1) is 6.92 Å². The lowest BCUT2D eigenvalue weighted by atomic mass is 10.3. The van der Waals surface area contributed by atoms with Gasteiger partial charge in [0.05, 0.1) is 17.8 Å². The van der Waals surface area contributed by atoms with Crippen LogP contribution in [0.1, 0.15) is 25.5 Å². The van der Waals surface area contributed by atoms with Crippen LogP contribution < -0.4 is 11.1 Å². The van der Waals surface area contributed by atoms with E-state index >= 15 is 0 Å². The van der Waals surface area contributed by atoms with E-state index in [-0.39, 0.29) is 6.54 Å². The third-order valence-electron chi connectivity index (χ3n) is 2.31. The largest absolute Gasteiger partial charge is 0.394 e. The number of nitrogens with one attached hydrogen (secondary N) is 1. The van der Waals surface area contributed by atoms with Crippen molar-refractivity contribution in [1.82, 2.24) is 9.78 Å². The van der Waals surface area contributed by atoms with Gasteiger partial charge in [0.1, 0.15) is 5.82 Å². The molecular weight excluding hydrogens is 233 g/mol. The van der Waals surface area contributed by atoms with Crippen LogP contribution in [-0.4, -0.2) is 22.5 Å². The summed E-state index contributed by atoms with van der Waals surface area (Å²) in [6, 6.07) is 0. The molecule has 1 aromatic heterocycles. The molecule has 0 saturated carbocycles. The Morgan fingerprint density at radius 1 is 1.41 bits per heavy atom. The molecule has 7 heteroatoms. The van der Waals surface area contributed by atoms with Crippen molar-refractivity contribution in [3.63, 3.8) is 0 Å². The van der Waals surface area contributed by atoms with Gasteiger partial charge in [-0.25, -0.2) is 4.68 Å². The molecule has 0 atom stereocenters. The standard InChI is InChI=1S/C10H17F3N4/c1-3-6-17-9(8(14)7(2)16-17)15-5-4-10(11,12)13/h15H,3-6,14H2,1-2H3. The fourth-order valence-electron chi connectivity index (χ4n) is 1.48. The molecule has 0 radical (unpaired) electrons. The molecule has 0 aliphatic rings. The van der Waals surface area contributed by atoms with Crippen molar-refractivity contribution in [1.29, 1.82) is 0 Å².